The van der Waals surface area contributed by atoms with Crippen molar-refractivity contribution in [3.8, 4) is 0 Å². The van der Waals surface area contributed by atoms with Crippen LogP contribution in [0.15, 0.2) is 6.07 Å². The maximum atomic E-state index is 11.3. The summed E-state index contributed by atoms with van der Waals surface area (Å²) in [6, 6.07) is 1.95. The van der Waals surface area contributed by atoms with E-state index in [4.69, 9.17) is 0 Å². The number of piperazine rings is 1. The molecule has 4 heterocycles. The predicted molar refractivity (Wildman–Crippen MR) is 117 cm³/mol. The van der Waals surface area contributed by atoms with Crippen molar-refractivity contribution < 1.29 is 20.2 Å². The topological polar surface area (TPSA) is 138 Å². The normalized spacial score (nSPS) is 18.4. The van der Waals surface area contributed by atoms with Crippen LogP contribution in [0.1, 0.15) is 28.2 Å². The van der Waals surface area contributed by atoms with E-state index in [0.29, 0.717) is 48.9 Å². The standard InChI is InChI=1S/C19H27N7O4S/c1-12-16(17(28)29)31-19(20-12)23-18-21-14(24-4-2-13(11-27)3-5-24)10-15(22-18)25-6-8-26(30)9-7-25/h10,13,27,30H,2-9,11H2,1H3,(H,28,29)(H,20,21,22,23). The fourth-order valence-corrected chi connectivity index (χ4v) is 4.61. The molecule has 0 atom stereocenters. The maximum absolute atomic E-state index is 11.3. The van der Waals surface area contributed by atoms with Gasteiger partial charge in [0.2, 0.25) is 5.95 Å². The number of nitrogens with one attached hydrogen (secondary N) is 1. The summed E-state index contributed by atoms with van der Waals surface area (Å²) in [6.07, 6.45) is 1.80. The number of aromatic carboxylic acids is 1. The van der Waals surface area contributed by atoms with Crippen LogP contribution in [-0.4, -0.2) is 87.3 Å². The average Bonchev–Trinajstić information content (AvgIpc) is 3.14. The summed E-state index contributed by atoms with van der Waals surface area (Å²) in [5.41, 5.74) is 0.446. The third-order valence-corrected chi connectivity index (χ3v) is 6.75. The van der Waals surface area contributed by atoms with Gasteiger partial charge < -0.3 is 25.2 Å². The number of thiazole rings is 1. The van der Waals surface area contributed by atoms with Crippen LogP contribution in [0.2, 0.25) is 0 Å². The lowest BCUT2D eigenvalue weighted by Gasteiger charge is -2.34. The average molecular weight is 450 g/mol. The number of carboxylic acid groups (broad SMARTS) is 1. The van der Waals surface area contributed by atoms with Crippen molar-refractivity contribution in [3.05, 3.63) is 16.6 Å². The maximum Gasteiger partial charge on any atom is 0.347 e. The van der Waals surface area contributed by atoms with Crippen LogP contribution < -0.4 is 15.1 Å². The van der Waals surface area contributed by atoms with Gasteiger partial charge in [-0.1, -0.05) is 11.3 Å². The Morgan fingerprint density at radius 3 is 2.26 bits per heavy atom. The Hall–Kier alpha value is -2.54. The number of carbonyl (C=O) groups is 1. The Bertz CT molecular complexity index is 924. The molecule has 0 spiro atoms. The van der Waals surface area contributed by atoms with Crippen LogP contribution in [0.5, 0.6) is 0 Å². The molecule has 0 saturated carbocycles. The van der Waals surface area contributed by atoms with E-state index in [1.807, 2.05) is 6.07 Å². The summed E-state index contributed by atoms with van der Waals surface area (Å²) >= 11 is 1.05. The minimum absolute atomic E-state index is 0.184. The number of hydrogen-bond acceptors (Lipinski definition) is 11. The highest BCUT2D eigenvalue weighted by Crippen LogP contribution is 2.29. The molecule has 4 rings (SSSR count). The molecule has 2 saturated heterocycles. The summed E-state index contributed by atoms with van der Waals surface area (Å²) in [5.74, 6) is 1.19. The van der Waals surface area contributed by atoms with Crippen molar-refractivity contribution in [2.24, 2.45) is 5.92 Å². The van der Waals surface area contributed by atoms with Crippen LogP contribution >= 0.6 is 11.3 Å². The molecule has 0 aromatic carbocycles. The summed E-state index contributed by atoms with van der Waals surface area (Å²) in [7, 11) is 0. The smallest absolute Gasteiger partial charge is 0.347 e. The lowest BCUT2D eigenvalue weighted by atomic mass is 9.98. The minimum atomic E-state index is -1.01. The quantitative estimate of drug-likeness (QED) is 0.509. The fraction of sp³-hybridized carbons (Fsp3) is 0.579. The number of rotatable bonds is 6. The van der Waals surface area contributed by atoms with E-state index < -0.39 is 5.97 Å². The van der Waals surface area contributed by atoms with Crippen LogP contribution in [0, 0.1) is 12.8 Å². The second-order valence-electron chi connectivity index (χ2n) is 7.83. The molecule has 2 fully saturated rings. The molecule has 11 nitrogen and oxygen atoms in total. The fourth-order valence-electron chi connectivity index (χ4n) is 3.82. The molecule has 31 heavy (non-hydrogen) atoms. The zero-order chi connectivity index (χ0) is 22.0. The van der Waals surface area contributed by atoms with Crippen molar-refractivity contribution >= 4 is 40.0 Å². The number of hydrogen-bond donors (Lipinski definition) is 4. The summed E-state index contributed by atoms with van der Waals surface area (Å²) in [4.78, 5) is 29.4. The van der Waals surface area contributed by atoms with Crippen LogP contribution in [-0.2, 0) is 0 Å². The minimum Gasteiger partial charge on any atom is -0.477 e. The molecule has 12 heteroatoms. The molecule has 0 bridgehead atoms. The van der Waals surface area contributed by atoms with Gasteiger partial charge in [0.1, 0.15) is 16.5 Å². The highest BCUT2D eigenvalue weighted by atomic mass is 32.1. The summed E-state index contributed by atoms with van der Waals surface area (Å²) < 4.78 is 0. The van der Waals surface area contributed by atoms with E-state index in [1.54, 1.807) is 6.92 Å². The molecule has 0 unspecified atom stereocenters. The number of aryl methyl sites for hydroxylation is 1. The number of aromatic nitrogens is 3. The molecule has 0 amide bonds. The van der Waals surface area contributed by atoms with Gasteiger partial charge >= 0.3 is 5.97 Å². The molecule has 4 N–H and O–H groups in total. The Kier molecular flexibility index (Phi) is 6.51. The Morgan fingerprint density at radius 2 is 1.71 bits per heavy atom. The van der Waals surface area contributed by atoms with E-state index in [-0.39, 0.29) is 11.5 Å². The molecule has 2 aliphatic rings. The second-order valence-corrected chi connectivity index (χ2v) is 8.82. The van der Waals surface area contributed by atoms with Gasteiger partial charge in [-0.2, -0.15) is 15.0 Å². The van der Waals surface area contributed by atoms with Crippen molar-refractivity contribution in [2.75, 3.05) is 61.0 Å². The van der Waals surface area contributed by atoms with Gasteiger partial charge in [0.15, 0.2) is 5.13 Å². The SMILES string of the molecule is Cc1nc(Nc2nc(N3CCC(CO)CC3)cc(N3CCN(O)CC3)n2)sc1C(=O)O. The number of nitrogens with zero attached hydrogens (tertiary/aromatic N) is 6. The number of aliphatic hydroxyl groups excluding tert-OH is 1. The molecule has 0 aliphatic carbocycles. The van der Waals surface area contributed by atoms with E-state index in [1.165, 1.54) is 5.06 Å². The largest absolute Gasteiger partial charge is 0.477 e. The Balaban J connectivity index is 1.61. The van der Waals surface area contributed by atoms with Gasteiger partial charge in [-0.3, -0.25) is 5.32 Å². The summed E-state index contributed by atoms with van der Waals surface area (Å²) in [5, 5.41) is 33.2. The first-order chi connectivity index (χ1) is 14.9. The number of hydroxylamine groups is 2. The zero-order valence-corrected chi connectivity index (χ0v) is 18.2. The monoisotopic (exact) mass is 449 g/mol. The van der Waals surface area contributed by atoms with Gasteiger partial charge in [0.25, 0.3) is 0 Å². The van der Waals surface area contributed by atoms with Crippen LogP contribution in [0.4, 0.5) is 22.7 Å². The number of piperidine rings is 1. The van der Waals surface area contributed by atoms with E-state index in [0.717, 1.165) is 48.9 Å². The van der Waals surface area contributed by atoms with E-state index in [9.17, 15) is 20.2 Å². The summed E-state index contributed by atoms with van der Waals surface area (Å²) in [6.45, 7) is 5.78. The molecule has 168 valence electrons. The van der Waals surface area contributed by atoms with Crippen molar-refractivity contribution in [1.82, 2.24) is 20.0 Å². The van der Waals surface area contributed by atoms with Crippen molar-refractivity contribution in [2.45, 2.75) is 19.8 Å². The lowest BCUT2D eigenvalue weighted by molar-refractivity contribution is -0.0936. The van der Waals surface area contributed by atoms with Gasteiger partial charge in [-0.25, -0.2) is 9.78 Å². The molecule has 2 aromatic rings. The predicted octanol–water partition coefficient (Wildman–Crippen LogP) is 1.40. The third-order valence-electron chi connectivity index (χ3n) is 5.69. The van der Waals surface area contributed by atoms with Gasteiger partial charge in [-0.05, 0) is 25.7 Å². The Morgan fingerprint density at radius 1 is 1.10 bits per heavy atom. The first kappa shape index (κ1) is 21.7. The Labute approximate surface area is 183 Å². The number of aliphatic hydroxyl groups is 1. The van der Waals surface area contributed by atoms with Gasteiger partial charge in [-0.15, -0.1) is 0 Å². The third kappa shape index (κ3) is 5.03. The van der Waals surface area contributed by atoms with Crippen LogP contribution in [0.25, 0.3) is 0 Å². The number of carboxylic acids is 1. The lowest BCUT2D eigenvalue weighted by Crippen LogP contribution is -2.45. The van der Waals surface area contributed by atoms with E-state index >= 15 is 0 Å². The van der Waals surface area contributed by atoms with Crippen molar-refractivity contribution in [3.63, 3.8) is 0 Å². The number of anilines is 4. The van der Waals surface area contributed by atoms with E-state index in [2.05, 4.69) is 30.1 Å². The zero-order valence-electron chi connectivity index (χ0n) is 17.4. The highest BCUT2D eigenvalue weighted by Gasteiger charge is 2.24. The molecule has 2 aromatic heterocycles. The first-order valence-electron chi connectivity index (χ1n) is 10.3. The molecule has 0 radical (unpaired) electrons. The first-order valence-corrected chi connectivity index (χ1v) is 11.2. The van der Waals surface area contributed by atoms with Gasteiger partial charge in [0.05, 0.1) is 5.69 Å². The van der Waals surface area contributed by atoms with Gasteiger partial charge in [0, 0.05) is 51.9 Å². The van der Waals surface area contributed by atoms with Crippen LogP contribution in [0.3, 0.4) is 0 Å². The molecular formula is C19H27N7O4S. The second kappa shape index (κ2) is 9.30. The highest BCUT2D eigenvalue weighted by molar-refractivity contribution is 7.17. The molecule has 2 aliphatic heterocycles. The molecular weight excluding hydrogens is 422 g/mol. The van der Waals surface area contributed by atoms with Crippen molar-refractivity contribution in [1.29, 1.82) is 0 Å².